The maximum atomic E-state index is 2.60. The van der Waals surface area contributed by atoms with Crippen LogP contribution in [-0.2, 0) is 5.41 Å². The van der Waals surface area contributed by atoms with Gasteiger partial charge in [0.25, 0.3) is 0 Å². The number of hydrogen-bond acceptors (Lipinski definition) is 1. The molecule has 0 amide bonds. The summed E-state index contributed by atoms with van der Waals surface area (Å²) >= 11 is 0. The van der Waals surface area contributed by atoms with Crippen LogP contribution in [0.3, 0.4) is 0 Å². The predicted molar refractivity (Wildman–Crippen MR) is 96.9 cm³/mol. The summed E-state index contributed by atoms with van der Waals surface area (Å²) in [7, 11) is 0. The van der Waals surface area contributed by atoms with E-state index in [1.54, 1.807) is 0 Å². The van der Waals surface area contributed by atoms with Crippen LogP contribution in [0.4, 0.5) is 0 Å². The second kappa shape index (κ2) is 7.30. The Morgan fingerprint density at radius 1 is 0.773 bits per heavy atom. The van der Waals surface area contributed by atoms with Crippen LogP contribution >= 0.6 is 12.4 Å². The topological polar surface area (TPSA) is 3.24 Å². The van der Waals surface area contributed by atoms with Crippen LogP contribution in [0.1, 0.15) is 37.8 Å². The molecule has 0 saturated carbocycles. The molecule has 1 fully saturated rings. The van der Waals surface area contributed by atoms with Gasteiger partial charge in [0, 0.05) is 11.5 Å². The number of hydrogen-bond donors (Lipinski definition) is 0. The van der Waals surface area contributed by atoms with E-state index in [2.05, 4.69) is 79.4 Å². The first-order chi connectivity index (χ1) is 10.2. The zero-order valence-electron chi connectivity index (χ0n) is 13.5. The molecular formula is C20H26ClN. The van der Waals surface area contributed by atoms with Gasteiger partial charge >= 0.3 is 0 Å². The zero-order valence-corrected chi connectivity index (χ0v) is 14.4. The van der Waals surface area contributed by atoms with Crippen molar-refractivity contribution in [3.63, 3.8) is 0 Å². The molecule has 1 aliphatic heterocycles. The van der Waals surface area contributed by atoms with Gasteiger partial charge in [0.15, 0.2) is 0 Å². The fourth-order valence-electron chi connectivity index (χ4n) is 3.68. The van der Waals surface area contributed by atoms with E-state index in [4.69, 9.17) is 0 Å². The van der Waals surface area contributed by atoms with Crippen LogP contribution in [0.5, 0.6) is 0 Å². The van der Waals surface area contributed by atoms with Crippen LogP contribution in [-0.4, -0.2) is 24.0 Å². The summed E-state index contributed by atoms with van der Waals surface area (Å²) in [5, 5.41) is 0. The van der Waals surface area contributed by atoms with Crippen molar-refractivity contribution in [1.82, 2.24) is 4.90 Å². The number of benzene rings is 2. The van der Waals surface area contributed by atoms with Crippen molar-refractivity contribution in [3.05, 3.63) is 71.8 Å². The van der Waals surface area contributed by atoms with Gasteiger partial charge in [0.2, 0.25) is 0 Å². The van der Waals surface area contributed by atoms with E-state index < -0.39 is 0 Å². The number of rotatable bonds is 3. The third kappa shape index (κ3) is 3.21. The normalized spacial score (nSPS) is 18.0. The van der Waals surface area contributed by atoms with Crippen LogP contribution in [0, 0.1) is 0 Å². The number of nitrogens with zero attached hydrogens (tertiary/aromatic N) is 1. The minimum absolute atomic E-state index is 0. The Morgan fingerprint density at radius 2 is 1.18 bits per heavy atom. The van der Waals surface area contributed by atoms with Gasteiger partial charge in [0.05, 0.1) is 0 Å². The molecule has 0 unspecified atom stereocenters. The summed E-state index contributed by atoms with van der Waals surface area (Å²) in [6, 6.07) is 22.8. The van der Waals surface area contributed by atoms with Gasteiger partial charge < -0.3 is 4.90 Å². The summed E-state index contributed by atoms with van der Waals surface area (Å²) in [6.07, 6.45) is 2.42. The van der Waals surface area contributed by atoms with E-state index in [1.807, 2.05) is 0 Å². The summed E-state index contributed by atoms with van der Waals surface area (Å²) in [5.74, 6) is 0. The minimum Gasteiger partial charge on any atom is -0.301 e. The lowest BCUT2D eigenvalue weighted by Gasteiger charge is -2.44. The highest BCUT2D eigenvalue weighted by Crippen LogP contribution is 2.41. The molecule has 0 aromatic heterocycles. The first kappa shape index (κ1) is 17.1. The number of piperidine rings is 1. The van der Waals surface area contributed by atoms with E-state index in [-0.39, 0.29) is 17.8 Å². The van der Waals surface area contributed by atoms with Crippen LogP contribution in [0.15, 0.2) is 60.7 Å². The molecule has 1 nitrogen and oxygen atoms in total. The van der Waals surface area contributed by atoms with E-state index in [9.17, 15) is 0 Å². The Labute approximate surface area is 140 Å². The van der Waals surface area contributed by atoms with Gasteiger partial charge in [-0.2, -0.15) is 0 Å². The van der Waals surface area contributed by atoms with E-state index in [1.165, 1.54) is 37.1 Å². The average Bonchev–Trinajstić information content (AvgIpc) is 2.56. The second-order valence-electron chi connectivity index (χ2n) is 6.44. The summed E-state index contributed by atoms with van der Waals surface area (Å²) in [5.41, 5.74) is 3.13. The lowest BCUT2D eigenvalue weighted by atomic mass is 9.68. The second-order valence-corrected chi connectivity index (χ2v) is 6.44. The number of halogens is 1. The zero-order chi connectivity index (χ0) is 14.7. The van der Waals surface area contributed by atoms with E-state index in [0.717, 1.165) is 0 Å². The quantitative estimate of drug-likeness (QED) is 0.778. The van der Waals surface area contributed by atoms with Crippen molar-refractivity contribution in [3.8, 4) is 0 Å². The van der Waals surface area contributed by atoms with Gasteiger partial charge in [-0.05, 0) is 50.9 Å². The number of likely N-dealkylation sites (tertiary alicyclic amines) is 1. The predicted octanol–water partition coefficient (Wildman–Crippen LogP) is 4.90. The molecule has 0 N–H and O–H groups in total. The molecule has 118 valence electrons. The van der Waals surface area contributed by atoms with Crippen molar-refractivity contribution >= 4 is 12.4 Å². The highest BCUT2D eigenvalue weighted by molar-refractivity contribution is 5.85. The smallest absolute Gasteiger partial charge is 0.0227 e. The summed E-state index contributed by atoms with van der Waals surface area (Å²) in [6.45, 7) is 6.97. The molecule has 1 heterocycles. The summed E-state index contributed by atoms with van der Waals surface area (Å²) < 4.78 is 0. The fraction of sp³-hybridized carbons (Fsp3) is 0.400. The standard InChI is InChI=1S/C20H25N.ClH/c1-17(2)21-15-13-20(14-16-21,18-9-5-3-6-10-18)19-11-7-4-8-12-19;/h3-12,17H,13-16H2,1-2H3;1H. The maximum absolute atomic E-state index is 2.60. The molecule has 1 aliphatic rings. The highest BCUT2D eigenvalue weighted by Gasteiger charge is 2.37. The molecule has 0 spiro atoms. The van der Waals surface area contributed by atoms with Crippen molar-refractivity contribution < 1.29 is 0 Å². The monoisotopic (exact) mass is 315 g/mol. The van der Waals surface area contributed by atoms with Gasteiger partial charge in [-0.25, -0.2) is 0 Å². The molecule has 2 heteroatoms. The molecule has 1 saturated heterocycles. The molecule has 22 heavy (non-hydrogen) atoms. The lowest BCUT2D eigenvalue weighted by Crippen LogP contribution is -2.45. The van der Waals surface area contributed by atoms with E-state index in [0.29, 0.717) is 6.04 Å². The largest absolute Gasteiger partial charge is 0.301 e. The van der Waals surface area contributed by atoms with Crippen LogP contribution < -0.4 is 0 Å². The minimum atomic E-state index is 0. The Balaban J connectivity index is 0.00000176. The molecule has 2 aromatic rings. The first-order valence-electron chi connectivity index (χ1n) is 8.07. The molecule has 0 bridgehead atoms. The molecule has 0 atom stereocenters. The molecule has 3 rings (SSSR count). The third-order valence-corrected chi connectivity index (χ3v) is 5.03. The van der Waals surface area contributed by atoms with Gasteiger partial charge in [-0.15, -0.1) is 12.4 Å². The van der Waals surface area contributed by atoms with Crippen molar-refractivity contribution in [2.24, 2.45) is 0 Å². The molecule has 0 radical (unpaired) electrons. The van der Waals surface area contributed by atoms with Crippen molar-refractivity contribution in [2.75, 3.05) is 13.1 Å². The van der Waals surface area contributed by atoms with E-state index >= 15 is 0 Å². The molecule has 0 aliphatic carbocycles. The van der Waals surface area contributed by atoms with Gasteiger partial charge in [-0.3, -0.25) is 0 Å². The lowest BCUT2D eigenvalue weighted by molar-refractivity contribution is 0.145. The summed E-state index contributed by atoms with van der Waals surface area (Å²) in [4.78, 5) is 2.60. The SMILES string of the molecule is CC(C)N1CCC(c2ccccc2)(c2ccccc2)CC1.Cl. The molecule has 2 aromatic carbocycles. The van der Waals surface area contributed by atoms with Crippen molar-refractivity contribution in [2.45, 2.75) is 38.1 Å². The van der Waals surface area contributed by atoms with Crippen molar-refractivity contribution in [1.29, 1.82) is 0 Å². The average molecular weight is 316 g/mol. The van der Waals surface area contributed by atoms with Gasteiger partial charge in [-0.1, -0.05) is 60.7 Å². The molecular weight excluding hydrogens is 290 g/mol. The highest BCUT2D eigenvalue weighted by atomic mass is 35.5. The van der Waals surface area contributed by atoms with Gasteiger partial charge in [0.1, 0.15) is 0 Å². The third-order valence-electron chi connectivity index (χ3n) is 5.03. The Bertz CT molecular complexity index is 515. The fourth-order valence-corrected chi connectivity index (χ4v) is 3.68. The Hall–Kier alpha value is -1.31. The Morgan fingerprint density at radius 3 is 1.55 bits per heavy atom. The van der Waals surface area contributed by atoms with Crippen LogP contribution in [0.2, 0.25) is 0 Å². The maximum Gasteiger partial charge on any atom is 0.0227 e. The Kier molecular flexibility index (Phi) is 5.66. The van der Waals surface area contributed by atoms with Crippen LogP contribution in [0.25, 0.3) is 0 Å². The first-order valence-corrected chi connectivity index (χ1v) is 8.07.